The van der Waals surface area contributed by atoms with Gasteiger partial charge in [-0.1, -0.05) is 17.7 Å². The lowest BCUT2D eigenvalue weighted by Crippen LogP contribution is -2.44. The summed E-state index contributed by atoms with van der Waals surface area (Å²) in [5, 5.41) is 5.75. The van der Waals surface area contributed by atoms with Crippen LogP contribution in [0.3, 0.4) is 0 Å². The number of carbonyl (C=O) groups is 1. The first-order valence-corrected chi connectivity index (χ1v) is 11.4. The number of nitrogens with one attached hydrogen (secondary N) is 1. The SMILES string of the molecule is Cc1ccc(OCc2nc(CC(=O)Nc3ccc(N4CCN(C)CC4)cc3)cs2)cc1. The summed E-state index contributed by atoms with van der Waals surface area (Å²) in [5.74, 6) is 0.753. The fraction of sp³-hybridized carbons (Fsp3) is 0.333. The molecule has 2 heterocycles. The van der Waals surface area contributed by atoms with Gasteiger partial charge in [-0.3, -0.25) is 4.79 Å². The van der Waals surface area contributed by atoms with Crippen LogP contribution in [-0.2, 0) is 17.8 Å². The van der Waals surface area contributed by atoms with Gasteiger partial charge in [0.25, 0.3) is 0 Å². The van der Waals surface area contributed by atoms with Crippen LogP contribution in [0.2, 0.25) is 0 Å². The number of carbonyl (C=O) groups excluding carboxylic acids is 1. The number of piperazine rings is 1. The summed E-state index contributed by atoms with van der Waals surface area (Å²) >= 11 is 1.51. The van der Waals surface area contributed by atoms with Crippen LogP contribution in [0.15, 0.2) is 53.9 Å². The maximum Gasteiger partial charge on any atom is 0.230 e. The van der Waals surface area contributed by atoms with Crippen molar-refractivity contribution in [2.24, 2.45) is 0 Å². The van der Waals surface area contributed by atoms with Gasteiger partial charge in [0.2, 0.25) is 5.91 Å². The monoisotopic (exact) mass is 436 g/mol. The molecule has 1 saturated heterocycles. The topological polar surface area (TPSA) is 57.7 Å². The Morgan fingerprint density at radius 1 is 1.06 bits per heavy atom. The molecule has 7 heteroatoms. The highest BCUT2D eigenvalue weighted by Gasteiger charge is 2.14. The lowest BCUT2D eigenvalue weighted by atomic mass is 10.2. The summed E-state index contributed by atoms with van der Waals surface area (Å²) in [6, 6.07) is 16.0. The molecule has 1 aliphatic heterocycles. The van der Waals surface area contributed by atoms with Gasteiger partial charge in [0.15, 0.2) is 0 Å². The van der Waals surface area contributed by atoms with Crippen molar-refractivity contribution >= 4 is 28.6 Å². The second-order valence-electron chi connectivity index (χ2n) is 7.90. The molecule has 1 fully saturated rings. The number of aryl methyl sites for hydroxylation is 1. The van der Waals surface area contributed by atoms with Crippen molar-refractivity contribution in [1.82, 2.24) is 9.88 Å². The maximum absolute atomic E-state index is 12.4. The third-order valence-electron chi connectivity index (χ3n) is 5.34. The van der Waals surface area contributed by atoms with E-state index >= 15 is 0 Å². The fourth-order valence-electron chi connectivity index (χ4n) is 3.47. The third-order valence-corrected chi connectivity index (χ3v) is 6.21. The molecule has 0 spiro atoms. The minimum Gasteiger partial charge on any atom is -0.486 e. The Morgan fingerprint density at radius 2 is 1.77 bits per heavy atom. The Bertz CT molecular complexity index is 993. The average molecular weight is 437 g/mol. The quantitative estimate of drug-likeness (QED) is 0.608. The second kappa shape index (κ2) is 9.94. The largest absolute Gasteiger partial charge is 0.486 e. The van der Waals surface area contributed by atoms with Gasteiger partial charge in [-0.2, -0.15) is 0 Å². The minimum atomic E-state index is -0.0661. The highest BCUT2D eigenvalue weighted by Crippen LogP contribution is 2.20. The van der Waals surface area contributed by atoms with Crippen molar-refractivity contribution in [3.05, 3.63) is 70.2 Å². The first-order chi connectivity index (χ1) is 15.0. The lowest BCUT2D eigenvalue weighted by molar-refractivity contribution is -0.115. The van der Waals surface area contributed by atoms with Crippen molar-refractivity contribution in [3.8, 4) is 5.75 Å². The molecule has 6 nitrogen and oxygen atoms in total. The van der Waals surface area contributed by atoms with Gasteiger partial charge < -0.3 is 19.9 Å². The molecule has 1 N–H and O–H groups in total. The van der Waals surface area contributed by atoms with E-state index in [-0.39, 0.29) is 12.3 Å². The van der Waals surface area contributed by atoms with Gasteiger partial charge in [-0.25, -0.2) is 4.98 Å². The molecule has 4 rings (SSSR count). The number of thiazole rings is 1. The normalized spacial score (nSPS) is 14.5. The zero-order valence-corrected chi connectivity index (χ0v) is 18.8. The van der Waals surface area contributed by atoms with Crippen molar-refractivity contribution in [1.29, 1.82) is 0 Å². The van der Waals surface area contributed by atoms with Crippen molar-refractivity contribution < 1.29 is 9.53 Å². The molecular formula is C24H28N4O2S. The van der Waals surface area contributed by atoms with E-state index in [9.17, 15) is 4.79 Å². The Labute approximate surface area is 187 Å². The molecule has 0 bridgehead atoms. The number of hydrogen-bond acceptors (Lipinski definition) is 6. The number of likely N-dealkylation sites (N-methyl/N-ethyl adjacent to an activating group) is 1. The molecule has 0 atom stereocenters. The Morgan fingerprint density at radius 3 is 2.48 bits per heavy atom. The first-order valence-electron chi connectivity index (χ1n) is 10.5. The van der Waals surface area contributed by atoms with E-state index in [1.165, 1.54) is 22.6 Å². The molecule has 3 aromatic rings. The van der Waals surface area contributed by atoms with Crippen LogP contribution in [0.25, 0.3) is 0 Å². The molecule has 31 heavy (non-hydrogen) atoms. The zero-order chi connectivity index (χ0) is 21.6. The van der Waals surface area contributed by atoms with Crippen LogP contribution in [0, 0.1) is 6.92 Å². The molecule has 0 unspecified atom stereocenters. The first kappa shape index (κ1) is 21.3. The van der Waals surface area contributed by atoms with Crippen LogP contribution in [0.1, 0.15) is 16.3 Å². The van der Waals surface area contributed by atoms with E-state index in [2.05, 4.69) is 39.3 Å². The lowest BCUT2D eigenvalue weighted by Gasteiger charge is -2.34. The van der Waals surface area contributed by atoms with Gasteiger partial charge in [-0.15, -0.1) is 11.3 Å². The Hall–Kier alpha value is -2.90. The summed E-state index contributed by atoms with van der Waals surface area (Å²) < 4.78 is 5.77. The molecular weight excluding hydrogens is 408 g/mol. The molecule has 2 aromatic carbocycles. The Kier molecular flexibility index (Phi) is 6.84. The maximum atomic E-state index is 12.4. The number of amides is 1. The number of anilines is 2. The Balaban J connectivity index is 1.25. The third kappa shape index (κ3) is 6.06. The molecule has 1 amide bonds. The van der Waals surface area contributed by atoms with E-state index in [1.54, 1.807) is 0 Å². The highest BCUT2D eigenvalue weighted by atomic mass is 32.1. The van der Waals surface area contributed by atoms with E-state index < -0.39 is 0 Å². The van der Waals surface area contributed by atoms with Crippen molar-refractivity contribution in [3.63, 3.8) is 0 Å². The van der Waals surface area contributed by atoms with Crippen LogP contribution < -0.4 is 15.0 Å². The van der Waals surface area contributed by atoms with Gasteiger partial charge in [0.05, 0.1) is 12.1 Å². The number of nitrogens with zero attached hydrogens (tertiary/aromatic N) is 3. The summed E-state index contributed by atoms with van der Waals surface area (Å²) in [6.07, 6.45) is 0.251. The molecule has 162 valence electrons. The molecule has 0 aliphatic carbocycles. The predicted molar refractivity (Wildman–Crippen MR) is 126 cm³/mol. The highest BCUT2D eigenvalue weighted by molar-refractivity contribution is 7.09. The summed E-state index contributed by atoms with van der Waals surface area (Å²) in [7, 11) is 2.15. The van der Waals surface area contributed by atoms with Gasteiger partial charge in [-0.05, 0) is 50.4 Å². The standard InChI is InChI=1S/C24H28N4O2S/c1-18-3-9-22(10-4-18)30-16-24-26-20(17-31-24)15-23(29)25-19-5-7-21(8-6-19)28-13-11-27(2)12-14-28/h3-10,17H,11-16H2,1-2H3,(H,25,29). The smallest absolute Gasteiger partial charge is 0.230 e. The summed E-state index contributed by atoms with van der Waals surface area (Å²) in [6.45, 7) is 6.66. The van der Waals surface area contributed by atoms with Crippen LogP contribution in [-0.4, -0.2) is 49.0 Å². The van der Waals surface area contributed by atoms with E-state index in [4.69, 9.17) is 4.74 Å². The fourth-order valence-corrected chi connectivity index (χ4v) is 4.17. The number of hydrogen-bond donors (Lipinski definition) is 1. The van der Waals surface area contributed by atoms with E-state index in [0.29, 0.717) is 6.61 Å². The van der Waals surface area contributed by atoms with E-state index in [1.807, 2.05) is 48.7 Å². The van der Waals surface area contributed by atoms with E-state index in [0.717, 1.165) is 48.3 Å². The molecule has 0 saturated carbocycles. The number of rotatable bonds is 7. The zero-order valence-electron chi connectivity index (χ0n) is 18.0. The van der Waals surface area contributed by atoms with Crippen molar-refractivity contribution in [2.75, 3.05) is 43.4 Å². The molecule has 1 aliphatic rings. The number of benzene rings is 2. The molecule has 1 aromatic heterocycles. The average Bonchev–Trinajstić information content (AvgIpc) is 3.21. The minimum absolute atomic E-state index is 0.0661. The summed E-state index contributed by atoms with van der Waals surface area (Å²) in [5.41, 5.74) is 3.97. The number of aromatic nitrogens is 1. The van der Waals surface area contributed by atoms with Crippen molar-refractivity contribution in [2.45, 2.75) is 20.0 Å². The summed E-state index contributed by atoms with van der Waals surface area (Å²) in [4.78, 5) is 21.7. The van der Waals surface area contributed by atoms with Crippen LogP contribution in [0.4, 0.5) is 11.4 Å². The van der Waals surface area contributed by atoms with Gasteiger partial charge >= 0.3 is 0 Å². The van der Waals surface area contributed by atoms with Crippen LogP contribution in [0.5, 0.6) is 5.75 Å². The van der Waals surface area contributed by atoms with Crippen LogP contribution >= 0.6 is 11.3 Å². The predicted octanol–water partition coefficient (Wildman–Crippen LogP) is 3.96. The molecule has 0 radical (unpaired) electrons. The second-order valence-corrected chi connectivity index (χ2v) is 8.84. The number of ether oxygens (including phenoxy) is 1. The van der Waals surface area contributed by atoms with Gasteiger partial charge in [0, 0.05) is 42.9 Å². The van der Waals surface area contributed by atoms with Gasteiger partial charge in [0.1, 0.15) is 17.4 Å².